The minimum atomic E-state index is 0.719. The second-order valence-corrected chi connectivity index (χ2v) is 6.67. The number of fused-ring (bicyclic) bond motifs is 3. The largest absolute Gasteiger partial charge is 0.308 e. The van der Waals surface area contributed by atoms with E-state index >= 15 is 0 Å². The van der Waals surface area contributed by atoms with Crippen LogP contribution >= 0.6 is 27.3 Å². The number of halogens is 1. The van der Waals surface area contributed by atoms with Gasteiger partial charge in [0.25, 0.3) is 0 Å². The summed E-state index contributed by atoms with van der Waals surface area (Å²) in [5.41, 5.74) is 0. The van der Waals surface area contributed by atoms with Gasteiger partial charge in [0.15, 0.2) is 0 Å². The molecule has 3 aliphatic rings. The number of hydrogen-bond donors (Lipinski definition) is 1. The molecule has 4 rings (SSSR count). The third-order valence-corrected chi connectivity index (χ3v) is 5.80. The lowest BCUT2D eigenvalue weighted by molar-refractivity contribution is 0.0721. The number of nitrogens with one attached hydrogen (secondary N) is 1. The van der Waals surface area contributed by atoms with Gasteiger partial charge in [-0.15, -0.1) is 11.3 Å². The number of rotatable bonds is 3. The minimum absolute atomic E-state index is 0.719. The summed E-state index contributed by atoms with van der Waals surface area (Å²) >= 11 is 5.43. The van der Waals surface area contributed by atoms with E-state index in [-0.39, 0.29) is 0 Å². The Morgan fingerprint density at radius 3 is 2.81 bits per heavy atom. The van der Waals surface area contributed by atoms with E-state index in [0.717, 1.165) is 18.5 Å². The Bertz CT molecular complexity index is 358. The van der Waals surface area contributed by atoms with E-state index in [2.05, 4.69) is 37.6 Å². The fourth-order valence-corrected chi connectivity index (χ4v) is 4.31. The zero-order valence-electron chi connectivity index (χ0n) is 9.29. The topological polar surface area (TPSA) is 15.3 Å². The van der Waals surface area contributed by atoms with Gasteiger partial charge in [0.05, 0.1) is 0 Å². The molecule has 0 radical (unpaired) electrons. The van der Waals surface area contributed by atoms with Crippen molar-refractivity contribution < 1.29 is 0 Å². The Hall–Kier alpha value is 0.1000. The maximum absolute atomic E-state index is 3.74. The molecule has 0 aliphatic carbocycles. The van der Waals surface area contributed by atoms with Gasteiger partial charge in [-0.3, -0.25) is 0 Å². The zero-order chi connectivity index (χ0) is 11.0. The Labute approximate surface area is 109 Å². The Morgan fingerprint density at radius 2 is 2.25 bits per heavy atom. The molecule has 1 unspecified atom stereocenters. The molecule has 88 valence electrons. The average molecular weight is 301 g/mol. The summed E-state index contributed by atoms with van der Waals surface area (Å²) in [5.74, 6) is 0.920. The van der Waals surface area contributed by atoms with Crippen LogP contribution in [0.25, 0.3) is 0 Å². The molecule has 0 amide bonds. The fourth-order valence-electron chi connectivity index (χ4n) is 2.87. The summed E-state index contributed by atoms with van der Waals surface area (Å²) in [6, 6.07) is 2.86. The quantitative estimate of drug-likeness (QED) is 0.923. The summed E-state index contributed by atoms with van der Waals surface area (Å²) in [5, 5.41) is 5.89. The van der Waals surface area contributed by atoms with Crippen LogP contribution < -0.4 is 5.32 Å². The number of hydrogen-bond acceptors (Lipinski definition) is 3. The van der Waals surface area contributed by atoms with Gasteiger partial charge < -0.3 is 10.2 Å². The van der Waals surface area contributed by atoms with Crippen LogP contribution in [-0.4, -0.2) is 30.6 Å². The number of nitrogens with zero attached hydrogens (tertiary/aromatic N) is 1. The molecule has 3 saturated heterocycles. The first-order chi connectivity index (χ1) is 7.83. The van der Waals surface area contributed by atoms with Crippen molar-refractivity contribution >= 4 is 27.3 Å². The second kappa shape index (κ2) is 4.77. The molecule has 1 aromatic heterocycles. The van der Waals surface area contributed by atoms with Crippen LogP contribution in [0, 0.1) is 5.92 Å². The molecule has 1 aromatic rings. The molecule has 0 spiro atoms. The SMILES string of the molecule is Brc1ccsc1CNC1CN2CCC1CC2. The van der Waals surface area contributed by atoms with Gasteiger partial charge in [0.1, 0.15) is 0 Å². The van der Waals surface area contributed by atoms with Gasteiger partial charge in [0, 0.05) is 28.5 Å². The van der Waals surface area contributed by atoms with Crippen molar-refractivity contribution in [1.82, 2.24) is 10.2 Å². The van der Waals surface area contributed by atoms with E-state index in [1.54, 1.807) is 0 Å². The van der Waals surface area contributed by atoms with Gasteiger partial charge in [0.2, 0.25) is 0 Å². The molecule has 2 nitrogen and oxygen atoms in total. The fraction of sp³-hybridized carbons (Fsp3) is 0.667. The molecule has 2 bridgehead atoms. The highest BCUT2D eigenvalue weighted by Crippen LogP contribution is 2.28. The molecule has 16 heavy (non-hydrogen) atoms. The molecular weight excluding hydrogens is 284 g/mol. The third kappa shape index (κ3) is 2.21. The Balaban J connectivity index is 1.58. The smallest absolute Gasteiger partial charge is 0.0327 e. The van der Waals surface area contributed by atoms with E-state index in [4.69, 9.17) is 0 Å². The van der Waals surface area contributed by atoms with Crippen LogP contribution in [-0.2, 0) is 6.54 Å². The van der Waals surface area contributed by atoms with E-state index in [9.17, 15) is 0 Å². The number of piperidine rings is 3. The van der Waals surface area contributed by atoms with Crippen molar-refractivity contribution in [3.8, 4) is 0 Å². The molecule has 3 fully saturated rings. The second-order valence-electron chi connectivity index (χ2n) is 4.82. The summed E-state index contributed by atoms with van der Waals surface area (Å²) in [6.45, 7) is 4.93. The standard InChI is InChI=1S/C12H17BrN2S/c13-10-3-6-16-12(10)7-14-11-8-15-4-1-9(11)2-5-15/h3,6,9,11,14H,1-2,4-5,7-8H2. The summed E-state index contributed by atoms with van der Waals surface area (Å²) < 4.78 is 1.26. The molecule has 0 saturated carbocycles. The lowest BCUT2D eigenvalue weighted by atomic mass is 9.84. The molecule has 4 heterocycles. The van der Waals surface area contributed by atoms with Crippen LogP contribution in [0.5, 0.6) is 0 Å². The lowest BCUT2D eigenvalue weighted by Crippen LogP contribution is -2.55. The maximum atomic E-state index is 3.74. The van der Waals surface area contributed by atoms with Crippen molar-refractivity contribution in [3.63, 3.8) is 0 Å². The van der Waals surface area contributed by atoms with Crippen molar-refractivity contribution in [2.45, 2.75) is 25.4 Å². The highest BCUT2D eigenvalue weighted by atomic mass is 79.9. The van der Waals surface area contributed by atoms with E-state index in [1.165, 1.54) is 41.8 Å². The monoisotopic (exact) mass is 300 g/mol. The summed E-state index contributed by atoms with van der Waals surface area (Å²) in [4.78, 5) is 4.03. The lowest BCUT2D eigenvalue weighted by Gasteiger charge is -2.45. The van der Waals surface area contributed by atoms with E-state index in [1.807, 2.05) is 11.3 Å². The average Bonchev–Trinajstić information content (AvgIpc) is 2.74. The zero-order valence-corrected chi connectivity index (χ0v) is 11.7. The highest BCUT2D eigenvalue weighted by molar-refractivity contribution is 9.10. The highest BCUT2D eigenvalue weighted by Gasteiger charge is 2.33. The number of thiophene rings is 1. The van der Waals surface area contributed by atoms with E-state index in [0.29, 0.717) is 0 Å². The minimum Gasteiger partial charge on any atom is -0.308 e. The van der Waals surface area contributed by atoms with E-state index < -0.39 is 0 Å². The summed E-state index contributed by atoms with van der Waals surface area (Å²) in [7, 11) is 0. The van der Waals surface area contributed by atoms with Gasteiger partial charge >= 0.3 is 0 Å². The summed E-state index contributed by atoms with van der Waals surface area (Å²) in [6.07, 6.45) is 2.78. The molecule has 1 atom stereocenters. The Morgan fingerprint density at radius 1 is 1.44 bits per heavy atom. The van der Waals surface area contributed by atoms with Gasteiger partial charge in [-0.05, 0) is 59.2 Å². The van der Waals surface area contributed by atoms with Gasteiger partial charge in [-0.2, -0.15) is 0 Å². The van der Waals surface area contributed by atoms with Gasteiger partial charge in [-0.25, -0.2) is 0 Å². The first-order valence-corrected chi connectivity index (χ1v) is 7.68. The van der Waals surface area contributed by atoms with Crippen LogP contribution in [0.2, 0.25) is 0 Å². The molecule has 0 aromatic carbocycles. The first kappa shape index (κ1) is 11.2. The van der Waals surface area contributed by atoms with Crippen LogP contribution in [0.1, 0.15) is 17.7 Å². The maximum Gasteiger partial charge on any atom is 0.0327 e. The van der Waals surface area contributed by atoms with Crippen LogP contribution in [0.15, 0.2) is 15.9 Å². The Kier molecular flexibility index (Phi) is 3.34. The predicted molar refractivity (Wildman–Crippen MR) is 71.8 cm³/mol. The van der Waals surface area contributed by atoms with Crippen molar-refractivity contribution in [2.24, 2.45) is 5.92 Å². The molecular formula is C12H17BrN2S. The predicted octanol–water partition coefficient (Wildman–Crippen LogP) is 2.69. The van der Waals surface area contributed by atoms with Crippen LogP contribution in [0.4, 0.5) is 0 Å². The van der Waals surface area contributed by atoms with Crippen LogP contribution in [0.3, 0.4) is 0 Å². The van der Waals surface area contributed by atoms with Crippen molar-refractivity contribution in [3.05, 3.63) is 20.8 Å². The molecule has 1 N–H and O–H groups in total. The molecule has 3 aliphatic heterocycles. The van der Waals surface area contributed by atoms with Crippen molar-refractivity contribution in [2.75, 3.05) is 19.6 Å². The van der Waals surface area contributed by atoms with Crippen molar-refractivity contribution in [1.29, 1.82) is 0 Å². The molecule has 4 heteroatoms. The third-order valence-electron chi connectivity index (χ3n) is 3.87. The first-order valence-electron chi connectivity index (χ1n) is 6.00. The van der Waals surface area contributed by atoms with Gasteiger partial charge in [-0.1, -0.05) is 0 Å². The normalized spacial score (nSPS) is 33.2.